The summed E-state index contributed by atoms with van der Waals surface area (Å²) in [6.45, 7) is 2.95. The first-order chi connectivity index (χ1) is 14.4. The van der Waals surface area contributed by atoms with Gasteiger partial charge in [0.15, 0.2) is 10.8 Å². The van der Waals surface area contributed by atoms with Crippen LogP contribution in [0, 0.1) is 6.92 Å². The van der Waals surface area contributed by atoms with Crippen LogP contribution in [0.15, 0.2) is 51.1 Å². The van der Waals surface area contributed by atoms with Gasteiger partial charge in [-0.3, -0.25) is 4.79 Å². The van der Waals surface area contributed by atoms with E-state index >= 15 is 0 Å². The lowest BCUT2D eigenvalue weighted by molar-refractivity contribution is -0.115. The van der Waals surface area contributed by atoms with Crippen molar-refractivity contribution in [2.75, 3.05) is 18.4 Å². The molecule has 7 nitrogen and oxygen atoms in total. The van der Waals surface area contributed by atoms with Crippen molar-refractivity contribution in [2.24, 2.45) is 0 Å². The summed E-state index contributed by atoms with van der Waals surface area (Å²) in [5, 5.41) is 5.32. The van der Waals surface area contributed by atoms with Crippen LogP contribution in [0.4, 0.5) is 5.69 Å². The zero-order valence-electron chi connectivity index (χ0n) is 16.6. The summed E-state index contributed by atoms with van der Waals surface area (Å²) in [4.78, 5) is 17.1. The molecule has 9 heteroatoms. The van der Waals surface area contributed by atoms with Gasteiger partial charge in [0, 0.05) is 24.2 Å². The lowest BCUT2D eigenvalue weighted by Crippen LogP contribution is -2.35. The molecule has 0 bridgehead atoms. The van der Waals surface area contributed by atoms with Crippen LogP contribution in [0.2, 0.25) is 0 Å². The molecule has 1 aliphatic rings. The largest absolute Gasteiger partial charge is 0.459 e. The van der Waals surface area contributed by atoms with Gasteiger partial charge in [0.2, 0.25) is 15.9 Å². The first-order valence-corrected chi connectivity index (χ1v) is 12.1. The third-order valence-electron chi connectivity index (χ3n) is 4.92. The summed E-state index contributed by atoms with van der Waals surface area (Å²) in [6, 6.07) is 10.1. The van der Waals surface area contributed by atoms with Gasteiger partial charge in [0.1, 0.15) is 5.76 Å². The van der Waals surface area contributed by atoms with Crippen LogP contribution >= 0.6 is 11.3 Å². The van der Waals surface area contributed by atoms with Crippen LogP contribution in [0.5, 0.6) is 0 Å². The fourth-order valence-electron chi connectivity index (χ4n) is 3.41. The van der Waals surface area contributed by atoms with Crippen LogP contribution in [0.25, 0.3) is 10.8 Å². The van der Waals surface area contributed by atoms with E-state index in [4.69, 9.17) is 4.42 Å². The molecule has 0 unspecified atom stereocenters. The highest BCUT2D eigenvalue weighted by Gasteiger charge is 2.26. The van der Waals surface area contributed by atoms with Gasteiger partial charge in [0.25, 0.3) is 0 Å². The molecule has 0 aliphatic carbocycles. The molecule has 1 aliphatic heterocycles. The number of rotatable bonds is 6. The number of aromatic nitrogens is 1. The van der Waals surface area contributed by atoms with E-state index in [1.807, 2.05) is 24.4 Å². The summed E-state index contributed by atoms with van der Waals surface area (Å²) < 4.78 is 32.8. The fraction of sp³-hybridized carbons (Fsp3) is 0.333. The van der Waals surface area contributed by atoms with E-state index < -0.39 is 10.0 Å². The van der Waals surface area contributed by atoms with E-state index in [9.17, 15) is 13.2 Å². The Bertz CT molecular complexity index is 1140. The molecule has 0 spiro atoms. The number of carbonyl (C=O) groups excluding carboxylic acids is 1. The van der Waals surface area contributed by atoms with E-state index in [-0.39, 0.29) is 17.2 Å². The minimum Gasteiger partial charge on any atom is -0.459 e. The van der Waals surface area contributed by atoms with Crippen LogP contribution in [-0.2, 0) is 21.2 Å². The SMILES string of the molecule is Cc1ccc(-c2nc(CC(=O)Nc3cccc(S(=O)(=O)N4CCCCC4)c3)cs2)o1. The summed E-state index contributed by atoms with van der Waals surface area (Å²) in [5.74, 6) is 1.23. The minimum atomic E-state index is -3.54. The number of nitrogens with one attached hydrogen (secondary N) is 1. The minimum absolute atomic E-state index is 0.0965. The average Bonchev–Trinajstić information content (AvgIpc) is 3.37. The van der Waals surface area contributed by atoms with E-state index in [2.05, 4.69) is 10.3 Å². The molecule has 1 fully saturated rings. The maximum absolute atomic E-state index is 12.9. The predicted octanol–water partition coefficient (Wildman–Crippen LogP) is 4.07. The van der Waals surface area contributed by atoms with Crippen molar-refractivity contribution in [1.82, 2.24) is 9.29 Å². The van der Waals surface area contributed by atoms with Crippen molar-refractivity contribution in [1.29, 1.82) is 0 Å². The van der Waals surface area contributed by atoms with Crippen molar-refractivity contribution in [2.45, 2.75) is 37.5 Å². The molecule has 1 amide bonds. The van der Waals surface area contributed by atoms with Gasteiger partial charge in [-0.15, -0.1) is 11.3 Å². The van der Waals surface area contributed by atoms with Crippen molar-refractivity contribution < 1.29 is 17.6 Å². The van der Waals surface area contributed by atoms with Crippen molar-refractivity contribution >= 4 is 33.0 Å². The van der Waals surface area contributed by atoms with E-state index in [1.165, 1.54) is 21.7 Å². The Labute approximate surface area is 179 Å². The molecule has 1 saturated heterocycles. The zero-order chi connectivity index (χ0) is 21.1. The number of benzene rings is 1. The highest BCUT2D eigenvalue weighted by atomic mass is 32.2. The van der Waals surface area contributed by atoms with E-state index in [0.717, 1.165) is 30.0 Å². The molecular formula is C21H23N3O4S2. The average molecular weight is 446 g/mol. The van der Waals surface area contributed by atoms with Gasteiger partial charge in [0.05, 0.1) is 17.0 Å². The number of hydrogen-bond donors (Lipinski definition) is 1. The molecular weight excluding hydrogens is 422 g/mol. The van der Waals surface area contributed by atoms with Gasteiger partial charge < -0.3 is 9.73 Å². The number of hydrogen-bond acceptors (Lipinski definition) is 6. The molecule has 3 heterocycles. The number of piperidine rings is 1. The summed E-state index contributed by atoms with van der Waals surface area (Å²) >= 11 is 1.42. The number of aryl methyl sites for hydroxylation is 1. The highest BCUT2D eigenvalue weighted by Crippen LogP contribution is 2.26. The van der Waals surface area contributed by atoms with Crippen LogP contribution < -0.4 is 5.32 Å². The van der Waals surface area contributed by atoms with Gasteiger partial charge in [-0.05, 0) is 50.1 Å². The molecule has 0 saturated carbocycles. The predicted molar refractivity (Wildman–Crippen MR) is 116 cm³/mol. The van der Waals surface area contributed by atoms with Crippen LogP contribution in [0.3, 0.4) is 0 Å². The number of furan rings is 1. The second kappa shape index (κ2) is 8.71. The monoisotopic (exact) mass is 445 g/mol. The normalized spacial score (nSPS) is 15.2. The molecule has 158 valence electrons. The Morgan fingerprint density at radius 2 is 2.00 bits per heavy atom. The topological polar surface area (TPSA) is 92.5 Å². The van der Waals surface area contributed by atoms with Gasteiger partial charge in [-0.2, -0.15) is 4.31 Å². The lowest BCUT2D eigenvalue weighted by atomic mass is 10.2. The number of carbonyl (C=O) groups is 1. The quantitative estimate of drug-likeness (QED) is 0.617. The zero-order valence-corrected chi connectivity index (χ0v) is 18.3. The van der Waals surface area contributed by atoms with Gasteiger partial charge in [-0.1, -0.05) is 12.5 Å². The molecule has 1 N–H and O–H groups in total. The van der Waals surface area contributed by atoms with E-state index in [1.54, 1.807) is 18.2 Å². The summed E-state index contributed by atoms with van der Waals surface area (Å²) in [5.41, 5.74) is 1.09. The molecule has 4 rings (SSSR count). The summed E-state index contributed by atoms with van der Waals surface area (Å²) in [6.07, 6.45) is 2.91. The second-order valence-corrected chi connectivity index (χ2v) is 10.1. The molecule has 30 heavy (non-hydrogen) atoms. The first kappa shape index (κ1) is 20.8. The number of sulfonamides is 1. The Morgan fingerprint density at radius 1 is 1.20 bits per heavy atom. The Morgan fingerprint density at radius 3 is 2.73 bits per heavy atom. The van der Waals surface area contributed by atoms with E-state index in [0.29, 0.717) is 30.2 Å². The molecule has 0 atom stereocenters. The third kappa shape index (κ3) is 4.63. The maximum atomic E-state index is 12.9. The smallest absolute Gasteiger partial charge is 0.243 e. The van der Waals surface area contributed by atoms with Crippen molar-refractivity contribution in [3.8, 4) is 10.8 Å². The molecule has 2 aromatic heterocycles. The number of nitrogens with zero attached hydrogens (tertiary/aromatic N) is 2. The Balaban J connectivity index is 1.43. The first-order valence-electron chi connectivity index (χ1n) is 9.83. The van der Waals surface area contributed by atoms with Gasteiger partial charge >= 0.3 is 0 Å². The molecule has 3 aromatic rings. The number of anilines is 1. The van der Waals surface area contributed by atoms with Gasteiger partial charge in [-0.25, -0.2) is 13.4 Å². The number of amides is 1. The summed E-state index contributed by atoms with van der Waals surface area (Å²) in [7, 11) is -3.54. The lowest BCUT2D eigenvalue weighted by Gasteiger charge is -2.26. The molecule has 0 radical (unpaired) electrons. The Hall–Kier alpha value is -2.49. The van der Waals surface area contributed by atoms with Crippen LogP contribution in [-0.4, -0.2) is 36.7 Å². The van der Waals surface area contributed by atoms with Crippen LogP contribution in [0.1, 0.15) is 30.7 Å². The third-order valence-corrected chi connectivity index (χ3v) is 7.72. The highest BCUT2D eigenvalue weighted by molar-refractivity contribution is 7.89. The Kier molecular flexibility index (Phi) is 6.03. The second-order valence-electron chi connectivity index (χ2n) is 7.27. The fourth-order valence-corrected chi connectivity index (χ4v) is 5.75. The maximum Gasteiger partial charge on any atom is 0.243 e. The van der Waals surface area contributed by atoms with Crippen molar-refractivity contribution in [3.05, 3.63) is 53.2 Å². The molecule has 1 aromatic carbocycles. The van der Waals surface area contributed by atoms with Crippen molar-refractivity contribution in [3.63, 3.8) is 0 Å². The number of thiazole rings is 1. The standard InChI is InChI=1S/C21H23N3O4S2/c1-15-8-9-19(28-15)21-23-17(14-29-21)13-20(25)22-16-6-5-7-18(12-16)30(26,27)24-10-3-2-4-11-24/h5-9,12,14H,2-4,10-11,13H2,1H3,(H,22,25).